The Kier molecular flexibility index (Phi) is 6.24. The highest BCUT2D eigenvalue weighted by molar-refractivity contribution is 5.68. The van der Waals surface area contributed by atoms with E-state index >= 15 is 0 Å². The predicted octanol–water partition coefficient (Wildman–Crippen LogP) is 3.22. The van der Waals surface area contributed by atoms with E-state index in [0.717, 1.165) is 6.42 Å². The molecule has 0 aliphatic heterocycles. The maximum Gasteiger partial charge on any atom is 0.333 e. The molecular formula is C14H22N2O4. The molecule has 0 radical (unpaired) electrons. The van der Waals surface area contributed by atoms with Gasteiger partial charge in [-0.1, -0.05) is 13.0 Å². The van der Waals surface area contributed by atoms with Crippen LogP contribution in [-0.4, -0.2) is 30.8 Å². The molecule has 1 unspecified atom stereocenters. The number of nitrogens with one attached hydrogen (secondary N) is 1. The fraction of sp³-hybridized carbons (Fsp3) is 0.571. The molecule has 20 heavy (non-hydrogen) atoms. The molecule has 1 aromatic rings. The van der Waals surface area contributed by atoms with Crippen LogP contribution < -0.4 is 10.1 Å². The van der Waals surface area contributed by atoms with Crippen molar-refractivity contribution in [2.45, 2.75) is 39.3 Å². The number of rotatable bonds is 8. The monoisotopic (exact) mass is 282 g/mol. The minimum absolute atomic E-state index is 0.0213. The maximum absolute atomic E-state index is 11.3. The van der Waals surface area contributed by atoms with Gasteiger partial charge in [-0.25, -0.2) is 0 Å². The molecule has 0 amide bonds. The SMILES string of the molecule is CCC(COC)Nc1cccc(OC(C)C)c1[N+](=O)[O-]. The third-order valence-corrected chi connectivity index (χ3v) is 2.76. The highest BCUT2D eigenvalue weighted by Crippen LogP contribution is 2.35. The summed E-state index contributed by atoms with van der Waals surface area (Å²) in [6.07, 6.45) is 0.685. The number of nitro groups is 1. The van der Waals surface area contributed by atoms with Gasteiger partial charge in [0.1, 0.15) is 5.69 Å². The fourth-order valence-corrected chi connectivity index (χ4v) is 1.86. The van der Waals surface area contributed by atoms with Gasteiger partial charge in [0.15, 0.2) is 5.75 Å². The Labute approximate surface area is 119 Å². The number of benzene rings is 1. The van der Waals surface area contributed by atoms with E-state index in [2.05, 4.69) is 5.32 Å². The highest BCUT2D eigenvalue weighted by atomic mass is 16.6. The molecule has 0 saturated heterocycles. The molecule has 0 heterocycles. The molecule has 0 bridgehead atoms. The van der Waals surface area contributed by atoms with Gasteiger partial charge in [0, 0.05) is 13.2 Å². The summed E-state index contributed by atoms with van der Waals surface area (Å²) in [6.45, 7) is 6.16. The third kappa shape index (κ3) is 4.38. The zero-order valence-electron chi connectivity index (χ0n) is 12.4. The molecule has 0 spiro atoms. The Morgan fingerprint density at radius 1 is 1.40 bits per heavy atom. The zero-order chi connectivity index (χ0) is 15.1. The van der Waals surface area contributed by atoms with Crippen LogP contribution in [-0.2, 0) is 4.74 Å². The Morgan fingerprint density at radius 2 is 2.10 bits per heavy atom. The van der Waals surface area contributed by atoms with E-state index in [1.807, 2.05) is 20.8 Å². The number of ether oxygens (including phenoxy) is 2. The van der Waals surface area contributed by atoms with Crippen LogP contribution in [0.25, 0.3) is 0 Å². The zero-order valence-corrected chi connectivity index (χ0v) is 12.4. The van der Waals surface area contributed by atoms with Crippen molar-refractivity contribution in [3.05, 3.63) is 28.3 Å². The summed E-state index contributed by atoms with van der Waals surface area (Å²) >= 11 is 0. The largest absolute Gasteiger partial charge is 0.484 e. The normalized spacial score (nSPS) is 12.2. The molecule has 6 nitrogen and oxygen atoms in total. The predicted molar refractivity (Wildman–Crippen MR) is 78.4 cm³/mol. The molecular weight excluding hydrogens is 260 g/mol. The molecule has 0 aliphatic rings. The number of hydrogen-bond donors (Lipinski definition) is 1. The van der Waals surface area contributed by atoms with Gasteiger partial charge in [0.05, 0.1) is 17.6 Å². The number of nitro benzene ring substituents is 1. The summed E-state index contributed by atoms with van der Waals surface area (Å²) in [5.41, 5.74) is 0.424. The minimum Gasteiger partial charge on any atom is -0.484 e. The van der Waals surface area contributed by atoms with Crippen LogP contribution in [0.5, 0.6) is 5.75 Å². The fourth-order valence-electron chi connectivity index (χ4n) is 1.86. The Hall–Kier alpha value is -1.82. The van der Waals surface area contributed by atoms with Gasteiger partial charge < -0.3 is 14.8 Å². The lowest BCUT2D eigenvalue weighted by Gasteiger charge is -2.18. The summed E-state index contributed by atoms with van der Waals surface area (Å²) in [4.78, 5) is 10.9. The van der Waals surface area contributed by atoms with Crippen LogP contribution in [0.2, 0.25) is 0 Å². The van der Waals surface area contributed by atoms with Crippen LogP contribution >= 0.6 is 0 Å². The molecule has 6 heteroatoms. The Bertz CT molecular complexity index is 449. The van der Waals surface area contributed by atoms with Crippen molar-refractivity contribution in [2.24, 2.45) is 0 Å². The first-order valence-electron chi connectivity index (χ1n) is 6.69. The lowest BCUT2D eigenvalue weighted by molar-refractivity contribution is -0.385. The number of methoxy groups -OCH3 is 1. The Morgan fingerprint density at radius 3 is 2.60 bits per heavy atom. The van der Waals surface area contributed by atoms with E-state index in [-0.39, 0.29) is 23.6 Å². The molecule has 1 rings (SSSR count). The standard InChI is InChI=1S/C14H22N2O4/c1-5-11(9-19-4)15-12-7-6-8-13(20-10(2)3)14(12)16(17)18/h6-8,10-11,15H,5,9H2,1-4H3. The van der Waals surface area contributed by atoms with E-state index in [1.165, 1.54) is 0 Å². The van der Waals surface area contributed by atoms with Crippen molar-refractivity contribution < 1.29 is 14.4 Å². The summed E-state index contributed by atoms with van der Waals surface area (Å²) in [7, 11) is 1.61. The smallest absolute Gasteiger partial charge is 0.333 e. The summed E-state index contributed by atoms with van der Waals surface area (Å²) in [6, 6.07) is 5.06. The number of hydrogen-bond acceptors (Lipinski definition) is 5. The van der Waals surface area contributed by atoms with Gasteiger partial charge in [0.25, 0.3) is 0 Å². The van der Waals surface area contributed by atoms with Gasteiger partial charge in [-0.3, -0.25) is 10.1 Å². The van der Waals surface area contributed by atoms with E-state index < -0.39 is 4.92 Å². The van der Waals surface area contributed by atoms with Crippen LogP contribution in [0.15, 0.2) is 18.2 Å². The van der Waals surface area contributed by atoms with E-state index in [4.69, 9.17) is 9.47 Å². The van der Waals surface area contributed by atoms with Crippen molar-refractivity contribution in [1.82, 2.24) is 0 Å². The number of nitrogens with zero attached hydrogens (tertiary/aromatic N) is 1. The summed E-state index contributed by atoms with van der Waals surface area (Å²) in [5, 5.41) is 14.5. The molecule has 1 atom stereocenters. The molecule has 112 valence electrons. The van der Waals surface area contributed by atoms with Crippen LogP contribution in [0, 0.1) is 10.1 Å². The van der Waals surface area contributed by atoms with Gasteiger partial charge in [0.2, 0.25) is 0 Å². The van der Waals surface area contributed by atoms with Gasteiger partial charge in [-0.15, -0.1) is 0 Å². The lowest BCUT2D eigenvalue weighted by atomic mass is 10.2. The van der Waals surface area contributed by atoms with Crippen LogP contribution in [0.3, 0.4) is 0 Å². The number of para-hydroxylation sites is 1. The van der Waals surface area contributed by atoms with Gasteiger partial charge in [-0.2, -0.15) is 0 Å². The highest BCUT2D eigenvalue weighted by Gasteiger charge is 2.23. The Balaban J connectivity index is 3.08. The third-order valence-electron chi connectivity index (χ3n) is 2.76. The van der Waals surface area contributed by atoms with Crippen molar-refractivity contribution in [3.63, 3.8) is 0 Å². The quantitative estimate of drug-likeness (QED) is 0.585. The van der Waals surface area contributed by atoms with Crippen molar-refractivity contribution >= 4 is 11.4 Å². The minimum atomic E-state index is -0.417. The van der Waals surface area contributed by atoms with E-state index in [9.17, 15) is 10.1 Å². The second kappa shape index (κ2) is 7.69. The summed E-state index contributed by atoms with van der Waals surface area (Å²) < 4.78 is 10.6. The van der Waals surface area contributed by atoms with Gasteiger partial charge >= 0.3 is 5.69 Å². The molecule has 0 fully saturated rings. The lowest BCUT2D eigenvalue weighted by Crippen LogP contribution is -2.24. The van der Waals surface area contributed by atoms with E-state index in [1.54, 1.807) is 25.3 Å². The molecule has 0 aliphatic carbocycles. The number of anilines is 1. The van der Waals surface area contributed by atoms with Gasteiger partial charge in [-0.05, 0) is 32.4 Å². The topological polar surface area (TPSA) is 73.6 Å². The molecule has 0 aromatic heterocycles. The van der Waals surface area contributed by atoms with Crippen LogP contribution in [0.4, 0.5) is 11.4 Å². The first kappa shape index (κ1) is 16.2. The first-order chi connectivity index (χ1) is 9.49. The average molecular weight is 282 g/mol. The summed E-state index contributed by atoms with van der Waals surface area (Å²) in [5.74, 6) is 0.280. The first-order valence-corrected chi connectivity index (χ1v) is 6.69. The maximum atomic E-state index is 11.3. The van der Waals surface area contributed by atoms with Crippen molar-refractivity contribution in [2.75, 3.05) is 19.0 Å². The van der Waals surface area contributed by atoms with Crippen molar-refractivity contribution in [1.29, 1.82) is 0 Å². The second-order valence-corrected chi connectivity index (χ2v) is 4.78. The molecule has 0 saturated carbocycles. The van der Waals surface area contributed by atoms with E-state index in [0.29, 0.717) is 12.3 Å². The molecule has 1 N–H and O–H groups in total. The second-order valence-electron chi connectivity index (χ2n) is 4.78. The van der Waals surface area contributed by atoms with Crippen molar-refractivity contribution in [3.8, 4) is 5.75 Å². The molecule has 1 aromatic carbocycles. The average Bonchev–Trinajstić information content (AvgIpc) is 2.37. The van der Waals surface area contributed by atoms with Crippen LogP contribution in [0.1, 0.15) is 27.2 Å².